The Bertz CT molecular complexity index is 341. The number of likely N-dealkylation sites (N-methyl/N-ethyl adjacent to an activating group) is 1. The van der Waals surface area contributed by atoms with Crippen LogP contribution in [0.25, 0.3) is 0 Å². The van der Waals surface area contributed by atoms with Gasteiger partial charge >= 0.3 is 0 Å². The molecule has 0 aliphatic carbocycles. The first kappa shape index (κ1) is 15.2. The number of nitrogens with one attached hydrogen (secondary N) is 1. The van der Waals surface area contributed by atoms with Crippen LogP contribution < -0.4 is 5.32 Å². The Kier molecular flexibility index (Phi) is 5.83. The molecule has 0 fully saturated rings. The first-order valence-electron chi connectivity index (χ1n) is 6.87. The van der Waals surface area contributed by atoms with Crippen LogP contribution in [0.15, 0.2) is 24.3 Å². The molecule has 18 heavy (non-hydrogen) atoms. The predicted octanol–water partition coefficient (Wildman–Crippen LogP) is 3.23. The molecule has 1 rings (SSSR count). The monoisotopic (exact) mass is 248 g/mol. The molecule has 2 heteroatoms. The number of benzene rings is 1. The molecule has 0 aliphatic heterocycles. The van der Waals surface area contributed by atoms with Gasteiger partial charge < -0.3 is 10.2 Å². The van der Waals surface area contributed by atoms with Crippen molar-refractivity contribution in [2.45, 2.75) is 39.8 Å². The Morgan fingerprint density at radius 3 is 2.06 bits per heavy atom. The molecule has 102 valence electrons. The maximum absolute atomic E-state index is 3.74. The SMILES string of the molecule is Cc1ccc(C(C)NC(CN(C)C)C(C)C)cc1. The van der Waals surface area contributed by atoms with Crippen molar-refractivity contribution in [1.29, 1.82) is 0 Å². The molecule has 0 bridgehead atoms. The molecule has 0 aliphatic rings. The van der Waals surface area contributed by atoms with Gasteiger partial charge in [-0.3, -0.25) is 0 Å². The minimum Gasteiger partial charge on any atom is -0.308 e. The second-order valence-corrected chi connectivity index (χ2v) is 5.91. The van der Waals surface area contributed by atoms with Gasteiger partial charge in [0.15, 0.2) is 0 Å². The summed E-state index contributed by atoms with van der Waals surface area (Å²) in [5.41, 5.74) is 2.68. The van der Waals surface area contributed by atoms with Gasteiger partial charge in [-0.05, 0) is 39.4 Å². The number of aryl methyl sites for hydroxylation is 1. The smallest absolute Gasteiger partial charge is 0.0294 e. The minimum absolute atomic E-state index is 0.401. The van der Waals surface area contributed by atoms with E-state index in [0.29, 0.717) is 18.0 Å². The van der Waals surface area contributed by atoms with Gasteiger partial charge in [0.2, 0.25) is 0 Å². The van der Waals surface area contributed by atoms with Gasteiger partial charge in [0.25, 0.3) is 0 Å². The maximum atomic E-state index is 3.74. The van der Waals surface area contributed by atoms with Crippen molar-refractivity contribution < 1.29 is 0 Å². The molecule has 0 spiro atoms. The van der Waals surface area contributed by atoms with E-state index in [1.807, 2.05) is 0 Å². The zero-order valence-corrected chi connectivity index (χ0v) is 12.7. The molecular weight excluding hydrogens is 220 g/mol. The fraction of sp³-hybridized carbons (Fsp3) is 0.625. The lowest BCUT2D eigenvalue weighted by molar-refractivity contribution is 0.273. The van der Waals surface area contributed by atoms with Crippen LogP contribution in [-0.2, 0) is 0 Å². The molecule has 1 aromatic carbocycles. The van der Waals surface area contributed by atoms with E-state index in [2.05, 4.69) is 76.3 Å². The molecule has 2 atom stereocenters. The summed E-state index contributed by atoms with van der Waals surface area (Å²) in [6.07, 6.45) is 0. The van der Waals surface area contributed by atoms with Crippen molar-refractivity contribution >= 4 is 0 Å². The Labute approximate surface area is 112 Å². The van der Waals surface area contributed by atoms with E-state index < -0.39 is 0 Å². The zero-order chi connectivity index (χ0) is 13.7. The standard InChI is InChI=1S/C16H28N2/c1-12(2)16(11-18(5)6)17-14(4)15-9-7-13(3)8-10-15/h7-10,12,14,16-17H,11H2,1-6H3. The molecule has 0 heterocycles. The van der Waals surface area contributed by atoms with Gasteiger partial charge in [-0.25, -0.2) is 0 Å². The van der Waals surface area contributed by atoms with E-state index in [-0.39, 0.29) is 0 Å². The highest BCUT2D eigenvalue weighted by atomic mass is 15.1. The van der Waals surface area contributed by atoms with Gasteiger partial charge in [-0.2, -0.15) is 0 Å². The highest BCUT2D eigenvalue weighted by molar-refractivity contribution is 5.23. The summed E-state index contributed by atoms with van der Waals surface area (Å²) in [6.45, 7) is 10.0. The minimum atomic E-state index is 0.401. The van der Waals surface area contributed by atoms with Crippen molar-refractivity contribution in [2.24, 2.45) is 5.92 Å². The second kappa shape index (κ2) is 6.91. The summed E-state index contributed by atoms with van der Waals surface area (Å²) in [7, 11) is 4.27. The van der Waals surface area contributed by atoms with Gasteiger partial charge in [0.05, 0.1) is 0 Å². The van der Waals surface area contributed by atoms with E-state index in [1.54, 1.807) is 0 Å². The van der Waals surface area contributed by atoms with Crippen LogP contribution in [0.3, 0.4) is 0 Å². The summed E-state index contributed by atoms with van der Waals surface area (Å²) in [6, 6.07) is 9.74. The summed E-state index contributed by atoms with van der Waals surface area (Å²) >= 11 is 0. The maximum Gasteiger partial charge on any atom is 0.0294 e. The molecule has 1 N–H and O–H groups in total. The number of hydrogen-bond acceptors (Lipinski definition) is 2. The number of hydrogen-bond donors (Lipinski definition) is 1. The van der Waals surface area contributed by atoms with Gasteiger partial charge in [0.1, 0.15) is 0 Å². The first-order valence-corrected chi connectivity index (χ1v) is 6.87. The summed E-state index contributed by atoms with van der Waals surface area (Å²) < 4.78 is 0. The molecule has 0 radical (unpaired) electrons. The van der Waals surface area contributed by atoms with E-state index in [4.69, 9.17) is 0 Å². The van der Waals surface area contributed by atoms with E-state index in [9.17, 15) is 0 Å². The Morgan fingerprint density at radius 2 is 1.61 bits per heavy atom. The highest BCUT2D eigenvalue weighted by Crippen LogP contribution is 2.16. The first-order chi connectivity index (χ1) is 8.40. The fourth-order valence-corrected chi connectivity index (χ4v) is 2.12. The Hall–Kier alpha value is -0.860. The number of nitrogens with zero attached hydrogens (tertiary/aromatic N) is 1. The van der Waals surface area contributed by atoms with Crippen LogP contribution in [-0.4, -0.2) is 31.6 Å². The average molecular weight is 248 g/mol. The van der Waals surface area contributed by atoms with Crippen molar-refractivity contribution in [3.8, 4) is 0 Å². The molecule has 2 unspecified atom stereocenters. The van der Waals surface area contributed by atoms with Crippen molar-refractivity contribution in [1.82, 2.24) is 10.2 Å². The van der Waals surface area contributed by atoms with Crippen LogP contribution in [0.2, 0.25) is 0 Å². The third-order valence-electron chi connectivity index (χ3n) is 3.41. The quantitative estimate of drug-likeness (QED) is 0.831. The predicted molar refractivity (Wildman–Crippen MR) is 79.9 cm³/mol. The summed E-state index contributed by atoms with van der Waals surface area (Å²) in [5.74, 6) is 0.639. The fourth-order valence-electron chi connectivity index (χ4n) is 2.12. The molecule has 0 aromatic heterocycles. The van der Waals surface area contributed by atoms with Crippen LogP contribution in [0, 0.1) is 12.8 Å². The largest absolute Gasteiger partial charge is 0.308 e. The normalized spacial score (nSPS) is 15.1. The van der Waals surface area contributed by atoms with Gasteiger partial charge in [0, 0.05) is 18.6 Å². The zero-order valence-electron chi connectivity index (χ0n) is 12.7. The Balaban J connectivity index is 2.65. The van der Waals surface area contributed by atoms with Gasteiger partial charge in [-0.1, -0.05) is 43.7 Å². The third-order valence-corrected chi connectivity index (χ3v) is 3.41. The third kappa shape index (κ3) is 4.79. The van der Waals surface area contributed by atoms with Crippen molar-refractivity contribution in [2.75, 3.05) is 20.6 Å². The van der Waals surface area contributed by atoms with Crippen LogP contribution in [0.1, 0.15) is 37.9 Å². The van der Waals surface area contributed by atoms with E-state index in [0.717, 1.165) is 6.54 Å². The highest BCUT2D eigenvalue weighted by Gasteiger charge is 2.17. The lowest BCUT2D eigenvalue weighted by Gasteiger charge is -2.29. The molecule has 0 amide bonds. The average Bonchev–Trinajstić information content (AvgIpc) is 2.28. The summed E-state index contributed by atoms with van der Waals surface area (Å²) in [4.78, 5) is 2.25. The lowest BCUT2D eigenvalue weighted by Crippen LogP contribution is -2.43. The van der Waals surface area contributed by atoms with Gasteiger partial charge in [-0.15, -0.1) is 0 Å². The topological polar surface area (TPSA) is 15.3 Å². The van der Waals surface area contributed by atoms with Crippen LogP contribution in [0.4, 0.5) is 0 Å². The molecule has 1 aromatic rings. The number of rotatable bonds is 6. The summed E-state index contributed by atoms with van der Waals surface area (Å²) in [5, 5.41) is 3.74. The Morgan fingerprint density at radius 1 is 1.06 bits per heavy atom. The van der Waals surface area contributed by atoms with Crippen molar-refractivity contribution in [3.05, 3.63) is 35.4 Å². The van der Waals surface area contributed by atoms with Crippen LogP contribution >= 0.6 is 0 Å². The van der Waals surface area contributed by atoms with Crippen molar-refractivity contribution in [3.63, 3.8) is 0 Å². The van der Waals surface area contributed by atoms with E-state index >= 15 is 0 Å². The molecular formula is C16H28N2. The molecule has 0 saturated heterocycles. The van der Waals surface area contributed by atoms with E-state index in [1.165, 1.54) is 11.1 Å². The second-order valence-electron chi connectivity index (χ2n) is 5.91. The lowest BCUT2D eigenvalue weighted by atomic mass is 10.0. The molecule has 0 saturated carbocycles. The molecule has 2 nitrogen and oxygen atoms in total. The van der Waals surface area contributed by atoms with Crippen LogP contribution in [0.5, 0.6) is 0 Å².